The second-order valence-corrected chi connectivity index (χ2v) is 6.43. The molecule has 1 atom stereocenters. The monoisotopic (exact) mass is 290 g/mol. The van der Waals surface area contributed by atoms with Crippen molar-refractivity contribution in [3.05, 3.63) is 0 Å². The molecule has 0 aromatic rings. The molecule has 1 saturated heterocycles. The summed E-state index contributed by atoms with van der Waals surface area (Å²) in [7, 11) is -0.641. The number of rotatable bonds is 8. The van der Waals surface area contributed by atoms with Gasteiger partial charge in [0.15, 0.2) is 0 Å². The number of carbonyl (C=O) groups is 1. The molecule has 1 aliphatic heterocycles. The van der Waals surface area contributed by atoms with Crippen molar-refractivity contribution in [1.82, 2.24) is 10.2 Å². The van der Waals surface area contributed by atoms with Gasteiger partial charge in [0.2, 0.25) is 0 Å². The second kappa shape index (κ2) is 9.44. The summed E-state index contributed by atoms with van der Waals surface area (Å²) in [5.74, 6) is 1.36. The molecule has 1 fully saturated rings. The van der Waals surface area contributed by atoms with Crippen molar-refractivity contribution < 1.29 is 13.7 Å². The molecule has 0 spiro atoms. The first-order valence-electron chi connectivity index (χ1n) is 7.14. The van der Waals surface area contributed by atoms with Crippen molar-refractivity contribution in [3.8, 4) is 0 Å². The molecule has 0 bridgehead atoms. The third-order valence-electron chi connectivity index (χ3n) is 3.22. The number of nitrogens with zero attached hydrogens (tertiary/aromatic N) is 1. The summed E-state index contributed by atoms with van der Waals surface area (Å²) in [5, 5.41) is 3.24. The highest BCUT2D eigenvalue weighted by molar-refractivity contribution is 7.85. The van der Waals surface area contributed by atoms with Gasteiger partial charge >= 0.3 is 5.97 Å². The molecule has 1 N–H and O–H groups in total. The molecule has 0 radical (unpaired) electrons. The fourth-order valence-electron chi connectivity index (χ4n) is 2.08. The minimum absolute atomic E-state index is 0.156. The normalized spacial score (nSPS) is 19.3. The smallest absolute Gasteiger partial charge is 0.323 e. The van der Waals surface area contributed by atoms with Crippen molar-refractivity contribution in [1.29, 1.82) is 0 Å². The molecule has 0 amide bonds. The number of hydrogen-bond donors (Lipinski definition) is 1. The molecule has 19 heavy (non-hydrogen) atoms. The first-order valence-corrected chi connectivity index (χ1v) is 8.63. The quantitative estimate of drug-likeness (QED) is 0.655. The summed E-state index contributed by atoms with van der Waals surface area (Å²) in [5.41, 5.74) is 0. The van der Waals surface area contributed by atoms with E-state index in [4.69, 9.17) is 4.74 Å². The van der Waals surface area contributed by atoms with Gasteiger partial charge in [0.25, 0.3) is 0 Å². The number of ether oxygens (including phenoxy) is 1. The van der Waals surface area contributed by atoms with E-state index in [-0.39, 0.29) is 12.0 Å². The molecule has 0 aromatic carbocycles. The topological polar surface area (TPSA) is 58.6 Å². The van der Waals surface area contributed by atoms with Gasteiger partial charge in [-0.05, 0) is 26.3 Å². The molecule has 1 aliphatic rings. The zero-order valence-corrected chi connectivity index (χ0v) is 12.8. The Kier molecular flexibility index (Phi) is 8.25. The molecule has 6 heteroatoms. The number of carbonyl (C=O) groups excluding carboxylic acids is 1. The van der Waals surface area contributed by atoms with Gasteiger partial charge in [-0.25, -0.2) is 0 Å². The Bertz CT molecular complexity index is 290. The summed E-state index contributed by atoms with van der Waals surface area (Å²) in [6.07, 6.45) is 1.75. The highest BCUT2D eigenvalue weighted by Crippen LogP contribution is 2.04. The summed E-state index contributed by atoms with van der Waals surface area (Å²) >= 11 is 0. The second-order valence-electron chi connectivity index (χ2n) is 4.74. The van der Waals surface area contributed by atoms with Crippen LogP contribution in [0, 0.1) is 0 Å². The van der Waals surface area contributed by atoms with Crippen LogP contribution in [0.5, 0.6) is 0 Å². The zero-order valence-electron chi connectivity index (χ0n) is 12.0. The van der Waals surface area contributed by atoms with Crippen LogP contribution in [0.1, 0.15) is 26.7 Å². The van der Waals surface area contributed by atoms with Crippen molar-refractivity contribution in [2.45, 2.75) is 32.7 Å². The van der Waals surface area contributed by atoms with Crippen LogP contribution in [0.3, 0.4) is 0 Å². The summed E-state index contributed by atoms with van der Waals surface area (Å²) < 4.78 is 16.4. The van der Waals surface area contributed by atoms with E-state index < -0.39 is 10.8 Å². The van der Waals surface area contributed by atoms with Crippen LogP contribution in [0.2, 0.25) is 0 Å². The lowest BCUT2D eigenvalue weighted by Crippen LogP contribution is -2.44. The van der Waals surface area contributed by atoms with Crippen LogP contribution in [-0.4, -0.2) is 65.4 Å². The Balaban J connectivity index is 2.34. The third-order valence-corrected chi connectivity index (χ3v) is 4.49. The molecule has 0 aliphatic carbocycles. The number of nitrogens with one attached hydrogen (secondary N) is 1. The van der Waals surface area contributed by atoms with E-state index in [1.807, 2.05) is 6.92 Å². The number of hydrogen-bond acceptors (Lipinski definition) is 5. The minimum Gasteiger partial charge on any atom is -0.465 e. The van der Waals surface area contributed by atoms with E-state index in [0.29, 0.717) is 6.61 Å². The van der Waals surface area contributed by atoms with Crippen LogP contribution in [0.15, 0.2) is 0 Å². The first-order chi connectivity index (χ1) is 9.17. The van der Waals surface area contributed by atoms with E-state index in [1.54, 1.807) is 0 Å². The standard InChI is InChI=1S/C13H26N2O3S/c1-3-6-14-12(13(16)18-4-2)5-7-15-8-10-19(17)11-9-15/h12,14H,3-11H2,1-2H3. The van der Waals surface area contributed by atoms with E-state index >= 15 is 0 Å². The van der Waals surface area contributed by atoms with Crippen molar-refractivity contribution >= 4 is 16.8 Å². The highest BCUT2D eigenvalue weighted by Gasteiger charge is 2.21. The predicted octanol–water partition coefficient (Wildman–Crippen LogP) is 0.372. The van der Waals surface area contributed by atoms with Crippen LogP contribution < -0.4 is 5.32 Å². The Morgan fingerprint density at radius 2 is 2.05 bits per heavy atom. The Labute approximate surface area is 118 Å². The Morgan fingerprint density at radius 3 is 2.63 bits per heavy atom. The van der Waals surface area contributed by atoms with Gasteiger partial charge in [-0.3, -0.25) is 9.00 Å². The third kappa shape index (κ3) is 6.49. The molecule has 1 heterocycles. The van der Waals surface area contributed by atoms with Crippen LogP contribution in [0.25, 0.3) is 0 Å². The Hall–Kier alpha value is -0.460. The molecule has 1 unspecified atom stereocenters. The lowest BCUT2D eigenvalue weighted by molar-refractivity contribution is -0.145. The van der Waals surface area contributed by atoms with Gasteiger partial charge in [0, 0.05) is 41.9 Å². The predicted molar refractivity (Wildman–Crippen MR) is 77.6 cm³/mol. The molecular formula is C13H26N2O3S. The van der Waals surface area contributed by atoms with Gasteiger partial charge in [0.1, 0.15) is 6.04 Å². The van der Waals surface area contributed by atoms with Crippen molar-refractivity contribution in [2.75, 3.05) is 44.3 Å². The molecule has 0 saturated carbocycles. The number of esters is 1. The van der Waals surface area contributed by atoms with Gasteiger partial charge < -0.3 is 15.0 Å². The van der Waals surface area contributed by atoms with Crippen LogP contribution in [-0.2, 0) is 20.3 Å². The lowest BCUT2D eigenvalue weighted by Gasteiger charge is -2.27. The van der Waals surface area contributed by atoms with Gasteiger partial charge in [-0.2, -0.15) is 0 Å². The highest BCUT2D eigenvalue weighted by atomic mass is 32.2. The van der Waals surface area contributed by atoms with E-state index in [0.717, 1.165) is 50.5 Å². The van der Waals surface area contributed by atoms with Crippen molar-refractivity contribution in [3.63, 3.8) is 0 Å². The maximum absolute atomic E-state index is 11.8. The summed E-state index contributed by atoms with van der Waals surface area (Å²) in [6, 6.07) is -0.215. The largest absolute Gasteiger partial charge is 0.465 e. The van der Waals surface area contributed by atoms with E-state index in [1.165, 1.54) is 0 Å². The van der Waals surface area contributed by atoms with Gasteiger partial charge in [0.05, 0.1) is 6.61 Å². The molecule has 5 nitrogen and oxygen atoms in total. The first kappa shape index (κ1) is 16.6. The average molecular weight is 290 g/mol. The molecule has 0 aromatic heterocycles. The van der Waals surface area contributed by atoms with E-state index in [2.05, 4.69) is 17.1 Å². The SMILES string of the molecule is CCCNC(CCN1CCS(=O)CC1)C(=O)OCC. The fourth-order valence-corrected chi connectivity index (χ4v) is 3.20. The minimum atomic E-state index is -0.641. The van der Waals surface area contributed by atoms with Crippen LogP contribution in [0.4, 0.5) is 0 Å². The zero-order chi connectivity index (χ0) is 14.1. The summed E-state index contributed by atoms with van der Waals surface area (Å²) in [6.45, 7) is 7.76. The van der Waals surface area contributed by atoms with Crippen molar-refractivity contribution in [2.24, 2.45) is 0 Å². The lowest BCUT2D eigenvalue weighted by atomic mass is 10.2. The van der Waals surface area contributed by atoms with Crippen LogP contribution >= 0.6 is 0 Å². The molecule has 112 valence electrons. The maximum atomic E-state index is 11.8. The molecular weight excluding hydrogens is 264 g/mol. The summed E-state index contributed by atoms with van der Waals surface area (Å²) in [4.78, 5) is 14.1. The van der Waals surface area contributed by atoms with Gasteiger partial charge in [-0.1, -0.05) is 6.92 Å². The maximum Gasteiger partial charge on any atom is 0.323 e. The fraction of sp³-hybridized carbons (Fsp3) is 0.923. The average Bonchev–Trinajstić information content (AvgIpc) is 2.41. The molecule has 1 rings (SSSR count). The van der Waals surface area contributed by atoms with E-state index in [9.17, 15) is 9.00 Å². The van der Waals surface area contributed by atoms with Gasteiger partial charge in [-0.15, -0.1) is 0 Å². The Morgan fingerprint density at radius 1 is 1.37 bits per heavy atom.